The van der Waals surface area contributed by atoms with E-state index in [0.717, 1.165) is 5.56 Å². The van der Waals surface area contributed by atoms with Crippen LogP contribution >= 0.6 is 0 Å². The van der Waals surface area contributed by atoms with Crippen molar-refractivity contribution in [3.05, 3.63) is 60.2 Å². The highest BCUT2D eigenvalue weighted by molar-refractivity contribution is 5.55. The fraction of sp³-hybridized carbons (Fsp3) is 0.0667. The number of ether oxygens (including phenoxy) is 1. The fourth-order valence-corrected chi connectivity index (χ4v) is 1.53. The summed E-state index contributed by atoms with van der Waals surface area (Å²) in [4.78, 5) is 0. The van der Waals surface area contributed by atoms with Crippen LogP contribution in [0, 0.1) is 0 Å². The molecule has 0 fully saturated rings. The third-order valence-electron chi connectivity index (χ3n) is 2.31. The maximum atomic E-state index is 9.82. The van der Waals surface area contributed by atoms with Crippen molar-refractivity contribution in [2.45, 2.75) is 6.92 Å². The molecule has 0 aliphatic carbocycles. The zero-order valence-corrected chi connectivity index (χ0v) is 9.63. The van der Waals surface area contributed by atoms with Gasteiger partial charge < -0.3 is 9.84 Å². The Morgan fingerprint density at radius 2 is 1.82 bits per heavy atom. The van der Waals surface area contributed by atoms with Gasteiger partial charge in [-0.3, -0.25) is 0 Å². The number of allylic oxidation sites excluding steroid dienone is 1. The zero-order valence-electron chi connectivity index (χ0n) is 9.63. The lowest BCUT2D eigenvalue weighted by Crippen LogP contribution is -1.84. The Hall–Kier alpha value is -2.22. The van der Waals surface area contributed by atoms with E-state index >= 15 is 0 Å². The first kappa shape index (κ1) is 11.3. The smallest absolute Gasteiger partial charge is 0.169 e. The summed E-state index contributed by atoms with van der Waals surface area (Å²) in [5, 5.41) is 9.82. The lowest BCUT2D eigenvalue weighted by Gasteiger charge is -2.07. The topological polar surface area (TPSA) is 29.5 Å². The molecule has 2 aromatic carbocycles. The lowest BCUT2D eigenvalue weighted by atomic mass is 10.2. The largest absolute Gasteiger partial charge is 0.504 e. The lowest BCUT2D eigenvalue weighted by molar-refractivity contribution is 0.411. The maximum Gasteiger partial charge on any atom is 0.169 e. The zero-order chi connectivity index (χ0) is 12.1. The second-order valence-corrected chi connectivity index (χ2v) is 3.64. The molecule has 0 saturated heterocycles. The Kier molecular flexibility index (Phi) is 3.46. The van der Waals surface area contributed by atoms with Gasteiger partial charge in [-0.05, 0) is 36.8 Å². The Morgan fingerprint density at radius 1 is 1.06 bits per heavy atom. The quantitative estimate of drug-likeness (QED) is 0.849. The molecule has 0 spiro atoms. The van der Waals surface area contributed by atoms with Crippen LogP contribution in [0.5, 0.6) is 17.2 Å². The molecule has 0 heterocycles. The average Bonchev–Trinajstić information content (AvgIpc) is 2.34. The normalized spacial score (nSPS) is 10.6. The Morgan fingerprint density at radius 3 is 2.47 bits per heavy atom. The molecule has 0 amide bonds. The molecule has 0 aromatic heterocycles. The van der Waals surface area contributed by atoms with Crippen LogP contribution in [0.2, 0.25) is 0 Å². The minimum Gasteiger partial charge on any atom is -0.504 e. The molecule has 86 valence electrons. The van der Waals surface area contributed by atoms with Crippen molar-refractivity contribution in [2.75, 3.05) is 0 Å². The fourth-order valence-electron chi connectivity index (χ4n) is 1.53. The van der Waals surface area contributed by atoms with Crippen LogP contribution in [0.15, 0.2) is 54.6 Å². The van der Waals surface area contributed by atoms with E-state index in [9.17, 15) is 5.11 Å². The van der Waals surface area contributed by atoms with Gasteiger partial charge in [0.05, 0.1) is 0 Å². The van der Waals surface area contributed by atoms with Gasteiger partial charge in [-0.25, -0.2) is 0 Å². The van der Waals surface area contributed by atoms with Crippen molar-refractivity contribution in [2.24, 2.45) is 0 Å². The van der Waals surface area contributed by atoms with Crippen LogP contribution in [0.3, 0.4) is 0 Å². The summed E-state index contributed by atoms with van der Waals surface area (Å²) in [6.07, 6.45) is 3.85. The Bertz CT molecular complexity index is 516. The van der Waals surface area contributed by atoms with Crippen LogP contribution in [0.4, 0.5) is 0 Å². The first-order valence-corrected chi connectivity index (χ1v) is 5.48. The third kappa shape index (κ3) is 2.88. The molecule has 0 unspecified atom stereocenters. The molecular formula is C15H14O2. The summed E-state index contributed by atoms with van der Waals surface area (Å²) < 4.78 is 5.57. The Balaban J connectivity index is 2.23. The van der Waals surface area contributed by atoms with E-state index < -0.39 is 0 Å². The summed E-state index contributed by atoms with van der Waals surface area (Å²) in [5.41, 5.74) is 0.949. The van der Waals surface area contributed by atoms with E-state index in [0.29, 0.717) is 11.5 Å². The summed E-state index contributed by atoms with van der Waals surface area (Å²) in [7, 11) is 0. The van der Waals surface area contributed by atoms with Gasteiger partial charge in [-0.2, -0.15) is 0 Å². The molecule has 2 heteroatoms. The highest BCUT2D eigenvalue weighted by Crippen LogP contribution is 2.31. The van der Waals surface area contributed by atoms with Crippen LogP contribution in [-0.4, -0.2) is 5.11 Å². The van der Waals surface area contributed by atoms with Gasteiger partial charge in [-0.1, -0.05) is 36.4 Å². The van der Waals surface area contributed by atoms with E-state index in [-0.39, 0.29) is 5.75 Å². The molecule has 2 nitrogen and oxygen atoms in total. The summed E-state index contributed by atoms with van der Waals surface area (Å²) in [6, 6.07) is 14.7. The molecule has 1 N–H and O–H groups in total. The molecule has 0 radical (unpaired) electrons. The van der Waals surface area contributed by atoms with Crippen molar-refractivity contribution in [1.82, 2.24) is 0 Å². The van der Waals surface area contributed by atoms with Gasteiger partial charge in [0, 0.05) is 0 Å². The number of benzene rings is 2. The first-order valence-electron chi connectivity index (χ1n) is 5.48. The van der Waals surface area contributed by atoms with Crippen LogP contribution in [0.25, 0.3) is 6.08 Å². The van der Waals surface area contributed by atoms with Crippen molar-refractivity contribution in [1.29, 1.82) is 0 Å². The van der Waals surface area contributed by atoms with Gasteiger partial charge in [0.1, 0.15) is 5.75 Å². The SMILES string of the molecule is C/C=C/c1ccc(Oc2ccccc2)c(O)c1. The molecule has 0 saturated carbocycles. The molecule has 0 atom stereocenters. The number of hydrogen-bond acceptors (Lipinski definition) is 2. The highest BCUT2D eigenvalue weighted by atomic mass is 16.5. The van der Waals surface area contributed by atoms with Crippen molar-refractivity contribution in [3.8, 4) is 17.2 Å². The molecule has 17 heavy (non-hydrogen) atoms. The minimum absolute atomic E-state index is 0.143. The molecule has 2 rings (SSSR count). The van der Waals surface area contributed by atoms with Gasteiger partial charge in [0.25, 0.3) is 0 Å². The number of phenols is 1. The second kappa shape index (κ2) is 5.21. The number of aromatic hydroxyl groups is 1. The molecule has 2 aromatic rings. The Labute approximate surface area is 101 Å². The van der Waals surface area contributed by atoms with Crippen LogP contribution in [-0.2, 0) is 0 Å². The minimum atomic E-state index is 0.143. The van der Waals surface area contributed by atoms with Gasteiger partial charge in [0.15, 0.2) is 11.5 Å². The average molecular weight is 226 g/mol. The van der Waals surface area contributed by atoms with Crippen molar-refractivity contribution >= 4 is 6.08 Å². The molecule has 0 aliphatic heterocycles. The third-order valence-corrected chi connectivity index (χ3v) is 2.31. The standard InChI is InChI=1S/C15H14O2/c1-2-6-12-9-10-15(14(16)11-12)17-13-7-4-3-5-8-13/h2-11,16H,1H3/b6-2+. The van der Waals surface area contributed by atoms with Crippen molar-refractivity contribution in [3.63, 3.8) is 0 Å². The van der Waals surface area contributed by atoms with E-state index in [4.69, 9.17) is 4.74 Å². The number of phenolic OH excluding ortho intramolecular Hbond substituents is 1. The summed E-state index contributed by atoms with van der Waals surface area (Å²) in [6.45, 7) is 1.94. The summed E-state index contributed by atoms with van der Waals surface area (Å²) in [5.74, 6) is 1.32. The van der Waals surface area contributed by atoms with Crippen LogP contribution < -0.4 is 4.74 Å². The molecular weight excluding hydrogens is 212 g/mol. The monoisotopic (exact) mass is 226 g/mol. The second-order valence-electron chi connectivity index (χ2n) is 3.64. The van der Waals surface area contributed by atoms with Gasteiger partial charge in [-0.15, -0.1) is 0 Å². The van der Waals surface area contributed by atoms with Gasteiger partial charge in [0.2, 0.25) is 0 Å². The molecule has 0 aliphatic rings. The molecule has 0 bridgehead atoms. The van der Waals surface area contributed by atoms with E-state index in [1.54, 1.807) is 12.1 Å². The van der Waals surface area contributed by atoms with E-state index in [2.05, 4.69) is 0 Å². The highest BCUT2D eigenvalue weighted by Gasteiger charge is 2.03. The van der Waals surface area contributed by atoms with Crippen molar-refractivity contribution < 1.29 is 9.84 Å². The predicted molar refractivity (Wildman–Crippen MR) is 69.3 cm³/mol. The van der Waals surface area contributed by atoms with E-state index in [1.165, 1.54) is 0 Å². The maximum absolute atomic E-state index is 9.82. The van der Waals surface area contributed by atoms with Gasteiger partial charge >= 0.3 is 0 Å². The number of para-hydroxylation sites is 1. The van der Waals surface area contributed by atoms with Crippen LogP contribution in [0.1, 0.15) is 12.5 Å². The first-order chi connectivity index (χ1) is 8.29. The summed E-state index contributed by atoms with van der Waals surface area (Å²) >= 11 is 0. The van der Waals surface area contributed by atoms with E-state index in [1.807, 2.05) is 55.5 Å². The number of rotatable bonds is 3. The number of hydrogen-bond donors (Lipinski definition) is 1. The predicted octanol–water partition coefficient (Wildman–Crippen LogP) is 4.22.